The Bertz CT molecular complexity index is 875. The Morgan fingerprint density at radius 2 is 1.78 bits per heavy atom. The first kappa shape index (κ1) is 19.1. The summed E-state index contributed by atoms with van der Waals surface area (Å²) in [6.45, 7) is 9.20. The number of nitrogens with zero attached hydrogens (tertiary/aromatic N) is 4. The first-order valence-corrected chi connectivity index (χ1v) is 9.40. The van der Waals surface area contributed by atoms with Crippen LogP contribution in [0.4, 0.5) is 11.8 Å². The number of aliphatic hydroxyl groups is 1. The van der Waals surface area contributed by atoms with Gasteiger partial charge in [0.25, 0.3) is 0 Å². The highest BCUT2D eigenvalue weighted by molar-refractivity contribution is 5.84. The molecule has 2 heterocycles. The van der Waals surface area contributed by atoms with E-state index in [1.165, 1.54) is 0 Å². The van der Waals surface area contributed by atoms with Crippen LogP contribution in [0.1, 0.15) is 39.3 Å². The maximum absolute atomic E-state index is 10.1. The molecule has 2 aromatic heterocycles. The Hall–Kier alpha value is -2.67. The van der Waals surface area contributed by atoms with Crippen molar-refractivity contribution in [2.45, 2.75) is 46.4 Å². The molecule has 0 saturated heterocycles. The van der Waals surface area contributed by atoms with Crippen LogP contribution in [-0.4, -0.2) is 37.3 Å². The number of aromatic nitrogens is 4. The van der Waals surface area contributed by atoms with Gasteiger partial charge in [-0.15, -0.1) is 0 Å². The van der Waals surface area contributed by atoms with Gasteiger partial charge in [0.15, 0.2) is 17.0 Å². The maximum Gasteiger partial charge on any atom is 0.226 e. The largest absolute Gasteiger partial charge is 0.391 e. The predicted octanol–water partition coefficient (Wildman–Crippen LogP) is 3.45. The summed E-state index contributed by atoms with van der Waals surface area (Å²) in [5.41, 5.74) is 2.68. The van der Waals surface area contributed by atoms with Gasteiger partial charge in [-0.1, -0.05) is 44.2 Å². The van der Waals surface area contributed by atoms with Crippen LogP contribution in [-0.2, 0) is 6.54 Å². The molecule has 3 rings (SSSR count). The standard InChI is InChI=1S/C20H28N6O/c1-13(2)16(27)11-22-20-24-18(21-10-15-8-6-5-7-9-15)17-19(25-20)26(12-23-17)14(3)4/h5-9,12-14,16,27H,10-11H2,1-4H3,(H2,21,22,24,25). The summed E-state index contributed by atoms with van der Waals surface area (Å²) in [4.78, 5) is 13.7. The van der Waals surface area contributed by atoms with Gasteiger partial charge in [-0.05, 0) is 25.3 Å². The number of hydrogen-bond donors (Lipinski definition) is 3. The average molecular weight is 368 g/mol. The molecule has 1 aromatic carbocycles. The number of fused-ring (bicyclic) bond motifs is 1. The van der Waals surface area contributed by atoms with E-state index in [1.54, 1.807) is 6.33 Å². The number of benzene rings is 1. The number of imidazole rings is 1. The zero-order valence-electron chi connectivity index (χ0n) is 16.3. The Balaban J connectivity index is 1.89. The van der Waals surface area contributed by atoms with Crippen LogP contribution in [0, 0.1) is 5.92 Å². The molecule has 0 aliphatic heterocycles. The van der Waals surface area contributed by atoms with Crippen molar-refractivity contribution in [3.63, 3.8) is 0 Å². The van der Waals surface area contributed by atoms with Crippen LogP contribution in [0.25, 0.3) is 11.2 Å². The van der Waals surface area contributed by atoms with Gasteiger partial charge in [-0.3, -0.25) is 0 Å². The van der Waals surface area contributed by atoms with Gasteiger partial charge in [0, 0.05) is 19.1 Å². The second-order valence-electron chi connectivity index (χ2n) is 7.35. The van der Waals surface area contributed by atoms with Crippen molar-refractivity contribution in [2.75, 3.05) is 17.2 Å². The second kappa shape index (κ2) is 8.35. The minimum Gasteiger partial charge on any atom is -0.391 e. The van der Waals surface area contributed by atoms with E-state index in [-0.39, 0.29) is 12.0 Å². The highest BCUT2D eigenvalue weighted by Gasteiger charge is 2.16. The molecule has 1 atom stereocenters. The third-order valence-corrected chi connectivity index (χ3v) is 4.52. The molecule has 0 spiro atoms. The topological polar surface area (TPSA) is 87.9 Å². The molecule has 144 valence electrons. The first-order valence-electron chi connectivity index (χ1n) is 9.40. The van der Waals surface area contributed by atoms with Crippen molar-refractivity contribution in [2.24, 2.45) is 5.92 Å². The summed E-state index contributed by atoms with van der Waals surface area (Å²) >= 11 is 0. The lowest BCUT2D eigenvalue weighted by atomic mass is 10.1. The molecule has 0 radical (unpaired) electrons. The van der Waals surface area contributed by atoms with Crippen molar-refractivity contribution in [1.29, 1.82) is 0 Å². The zero-order chi connectivity index (χ0) is 19.4. The first-order chi connectivity index (χ1) is 13.0. The van der Waals surface area contributed by atoms with Gasteiger partial charge in [0.1, 0.15) is 0 Å². The molecule has 0 fully saturated rings. The van der Waals surface area contributed by atoms with Gasteiger partial charge in [0.2, 0.25) is 5.95 Å². The Labute approximate surface area is 159 Å². The van der Waals surface area contributed by atoms with Crippen LogP contribution in [0.3, 0.4) is 0 Å². The van der Waals surface area contributed by atoms with E-state index in [1.807, 2.05) is 36.6 Å². The monoisotopic (exact) mass is 368 g/mol. The quantitative estimate of drug-likeness (QED) is 0.564. The minimum atomic E-state index is -0.458. The number of aliphatic hydroxyl groups excluding tert-OH is 1. The van der Waals surface area contributed by atoms with Crippen molar-refractivity contribution in [1.82, 2.24) is 19.5 Å². The van der Waals surface area contributed by atoms with E-state index < -0.39 is 6.10 Å². The summed E-state index contributed by atoms with van der Waals surface area (Å²) < 4.78 is 2.02. The Morgan fingerprint density at radius 3 is 2.44 bits per heavy atom. The third kappa shape index (κ3) is 4.54. The molecular weight excluding hydrogens is 340 g/mol. The van der Waals surface area contributed by atoms with Crippen LogP contribution in [0.15, 0.2) is 36.7 Å². The summed E-state index contributed by atoms with van der Waals surface area (Å²) in [6.07, 6.45) is 1.34. The second-order valence-corrected chi connectivity index (χ2v) is 7.35. The number of nitrogens with one attached hydrogen (secondary N) is 2. The smallest absolute Gasteiger partial charge is 0.226 e. The van der Waals surface area contributed by atoms with Gasteiger partial charge < -0.3 is 20.3 Å². The lowest BCUT2D eigenvalue weighted by Crippen LogP contribution is -2.25. The number of rotatable bonds is 8. The molecule has 7 heteroatoms. The van der Waals surface area contributed by atoms with Crippen LogP contribution in [0.5, 0.6) is 0 Å². The lowest BCUT2D eigenvalue weighted by molar-refractivity contribution is 0.137. The van der Waals surface area contributed by atoms with E-state index in [2.05, 4.69) is 51.6 Å². The Kier molecular flexibility index (Phi) is 5.91. The van der Waals surface area contributed by atoms with E-state index in [4.69, 9.17) is 0 Å². The molecule has 0 amide bonds. The fourth-order valence-corrected chi connectivity index (χ4v) is 2.71. The zero-order valence-corrected chi connectivity index (χ0v) is 16.3. The predicted molar refractivity (Wildman–Crippen MR) is 109 cm³/mol. The highest BCUT2D eigenvalue weighted by Crippen LogP contribution is 2.24. The minimum absolute atomic E-state index is 0.165. The SMILES string of the molecule is CC(C)C(O)CNc1nc(NCc2ccccc2)c2ncn(C(C)C)c2n1. The lowest BCUT2D eigenvalue weighted by Gasteiger charge is -2.16. The molecule has 0 aliphatic rings. The van der Waals surface area contributed by atoms with Gasteiger partial charge in [0.05, 0.1) is 12.4 Å². The molecule has 0 bridgehead atoms. The highest BCUT2D eigenvalue weighted by atomic mass is 16.3. The van der Waals surface area contributed by atoms with Gasteiger partial charge >= 0.3 is 0 Å². The van der Waals surface area contributed by atoms with E-state index in [0.29, 0.717) is 24.9 Å². The van der Waals surface area contributed by atoms with Crippen LogP contribution >= 0.6 is 0 Å². The molecule has 7 nitrogen and oxygen atoms in total. The third-order valence-electron chi connectivity index (χ3n) is 4.52. The van der Waals surface area contributed by atoms with Crippen molar-refractivity contribution >= 4 is 22.9 Å². The van der Waals surface area contributed by atoms with E-state index in [0.717, 1.165) is 16.7 Å². The fourth-order valence-electron chi connectivity index (χ4n) is 2.71. The average Bonchev–Trinajstić information content (AvgIpc) is 3.09. The molecular formula is C20H28N6O. The maximum atomic E-state index is 10.1. The molecule has 0 aliphatic carbocycles. The van der Waals surface area contributed by atoms with Gasteiger partial charge in [-0.2, -0.15) is 9.97 Å². The molecule has 3 N–H and O–H groups in total. The van der Waals surface area contributed by atoms with Crippen molar-refractivity contribution in [3.05, 3.63) is 42.2 Å². The molecule has 3 aromatic rings. The molecule has 1 unspecified atom stereocenters. The number of hydrogen-bond acceptors (Lipinski definition) is 6. The summed E-state index contributed by atoms with van der Waals surface area (Å²) in [7, 11) is 0. The summed E-state index contributed by atoms with van der Waals surface area (Å²) in [5, 5.41) is 16.6. The van der Waals surface area contributed by atoms with E-state index >= 15 is 0 Å². The van der Waals surface area contributed by atoms with Crippen molar-refractivity contribution in [3.8, 4) is 0 Å². The van der Waals surface area contributed by atoms with Crippen molar-refractivity contribution < 1.29 is 5.11 Å². The van der Waals surface area contributed by atoms with E-state index in [9.17, 15) is 5.11 Å². The Morgan fingerprint density at radius 1 is 1.04 bits per heavy atom. The summed E-state index contributed by atoms with van der Waals surface area (Å²) in [6, 6.07) is 10.4. The van der Waals surface area contributed by atoms with Crippen LogP contribution < -0.4 is 10.6 Å². The number of anilines is 2. The molecule has 0 saturated carbocycles. The van der Waals surface area contributed by atoms with Gasteiger partial charge in [-0.25, -0.2) is 4.98 Å². The van der Waals surface area contributed by atoms with Crippen LogP contribution in [0.2, 0.25) is 0 Å². The normalized spacial score (nSPS) is 12.7. The molecule has 27 heavy (non-hydrogen) atoms. The fraction of sp³-hybridized carbons (Fsp3) is 0.450. The summed E-state index contributed by atoms with van der Waals surface area (Å²) in [5.74, 6) is 1.34.